The van der Waals surface area contributed by atoms with Gasteiger partial charge in [-0.05, 0) is 49.0 Å². The van der Waals surface area contributed by atoms with E-state index in [2.05, 4.69) is 22.2 Å². The van der Waals surface area contributed by atoms with Crippen LogP contribution in [0.25, 0.3) is 11.0 Å². The normalized spacial score (nSPS) is 14.2. The summed E-state index contributed by atoms with van der Waals surface area (Å²) in [6.45, 7) is 3.93. The molecular formula is C27H27N5O2. The highest BCUT2D eigenvalue weighted by Crippen LogP contribution is 2.24. The number of nitrogens with one attached hydrogen (secondary N) is 1. The lowest BCUT2D eigenvalue weighted by atomic mass is 10.2. The zero-order valence-corrected chi connectivity index (χ0v) is 19.1. The second-order valence-corrected chi connectivity index (χ2v) is 8.43. The second-order valence-electron chi connectivity index (χ2n) is 8.43. The Hall–Kier alpha value is -3.97. The number of ether oxygens (including phenoxy) is 1. The highest BCUT2D eigenvalue weighted by Gasteiger charge is 2.24. The van der Waals surface area contributed by atoms with Crippen molar-refractivity contribution in [1.29, 1.82) is 0 Å². The molecule has 172 valence electrons. The molecule has 0 radical (unpaired) electrons. The van der Waals surface area contributed by atoms with Crippen LogP contribution in [0.5, 0.6) is 5.75 Å². The Kier molecular flexibility index (Phi) is 6.35. The lowest BCUT2D eigenvalue weighted by Gasteiger charge is -2.33. The fourth-order valence-electron chi connectivity index (χ4n) is 3.95. The number of anilines is 2. The number of para-hydroxylation sites is 2. The minimum atomic E-state index is -0.273. The molecule has 4 aromatic rings. The number of carbonyl (C=O) groups is 1. The molecule has 7 heteroatoms. The van der Waals surface area contributed by atoms with Gasteiger partial charge in [-0.3, -0.25) is 4.79 Å². The molecule has 3 aromatic carbocycles. The fraction of sp³-hybridized carbons (Fsp3) is 0.222. The number of carbonyl (C=O) groups excluding carboxylic acids is 1. The minimum absolute atomic E-state index is 0.273. The van der Waals surface area contributed by atoms with E-state index in [0.717, 1.165) is 43.0 Å². The zero-order chi connectivity index (χ0) is 23.3. The van der Waals surface area contributed by atoms with Gasteiger partial charge in [-0.15, -0.1) is 0 Å². The summed E-state index contributed by atoms with van der Waals surface area (Å²) in [6, 6.07) is 25.0. The molecule has 1 amide bonds. The van der Waals surface area contributed by atoms with E-state index in [4.69, 9.17) is 14.7 Å². The number of rotatable bonds is 6. The van der Waals surface area contributed by atoms with Crippen molar-refractivity contribution < 1.29 is 9.53 Å². The van der Waals surface area contributed by atoms with Gasteiger partial charge in [-0.2, -0.15) is 0 Å². The summed E-state index contributed by atoms with van der Waals surface area (Å²) in [6.07, 6.45) is 0. The summed E-state index contributed by atoms with van der Waals surface area (Å²) in [5, 5.41) is 2.98. The summed E-state index contributed by atoms with van der Waals surface area (Å²) < 4.78 is 5.85. The largest absolute Gasteiger partial charge is 0.489 e. The maximum Gasteiger partial charge on any atom is 0.278 e. The first-order valence-corrected chi connectivity index (χ1v) is 11.4. The quantitative estimate of drug-likeness (QED) is 0.472. The number of aromatic nitrogens is 2. The van der Waals surface area contributed by atoms with Crippen molar-refractivity contribution in [2.45, 2.75) is 6.61 Å². The van der Waals surface area contributed by atoms with Crippen molar-refractivity contribution in [3.05, 3.63) is 90.1 Å². The number of hydrogen-bond acceptors (Lipinski definition) is 6. The molecule has 5 rings (SSSR count). The van der Waals surface area contributed by atoms with Crippen molar-refractivity contribution in [2.75, 3.05) is 43.4 Å². The fourth-order valence-corrected chi connectivity index (χ4v) is 3.95. The van der Waals surface area contributed by atoms with Crippen LogP contribution in [0.1, 0.15) is 16.1 Å². The van der Waals surface area contributed by atoms with Gasteiger partial charge in [0.15, 0.2) is 11.5 Å². The van der Waals surface area contributed by atoms with Gasteiger partial charge in [0.05, 0.1) is 11.0 Å². The topological polar surface area (TPSA) is 70.6 Å². The number of amides is 1. The number of fused-ring (bicyclic) bond motifs is 1. The molecule has 1 saturated heterocycles. The number of hydrogen-bond donors (Lipinski definition) is 1. The average molecular weight is 454 g/mol. The molecule has 1 aliphatic heterocycles. The van der Waals surface area contributed by atoms with Gasteiger partial charge < -0.3 is 19.9 Å². The van der Waals surface area contributed by atoms with Gasteiger partial charge in [0.25, 0.3) is 5.91 Å². The summed E-state index contributed by atoms with van der Waals surface area (Å²) in [5.41, 5.74) is 3.61. The van der Waals surface area contributed by atoms with Crippen molar-refractivity contribution >= 4 is 28.4 Å². The molecule has 0 bridgehead atoms. The van der Waals surface area contributed by atoms with Crippen LogP contribution in [0.2, 0.25) is 0 Å². The SMILES string of the molecule is CN1CCN(c2nc3ccccc3nc2C(=O)Nc2ccc(OCc3ccccc3)cc2)CC1. The van der Waals surface area contributed by atoms with E-state index in [0.29, 0.717) is 29.3 Å². The highest BCUT2D eigenvalue weighted by atomic mass is 16.5. The van der Waals surface area contributed by atoms with Gasteiger partial charge in [0, 0.05) is 31.9 Å². The van der Waals surface area contributed by atoms with Gasteiger partial charge in [-0.1, -0.05) is 42.5 Å². The van der Waals surface area contributed by atoms with E-state index in [9.17, 15) is 4.79 Å². The zero-order valence-electron chi connectivity index (χ0n) is 19.1. The van der Waals surface area contributed by atoms with Crippen LogP contribution in [0, 0.1) is 0 Å². The average Bonchev–Trinajstić information content (AvgIpc) is 2.88. The number of likely N-dealkylation sites (N-methyl/N-ethyl adjacent to an activating group) is 1. The van der Waals surface area contributed by atoms with E-state index >= 15 is 0 Å². The summed E-state index contributed by atoms with van der Waals surface area (Å²) in [7, 11) is 2.10. The molecule has 0 saturated carbocycles. The van der Waals surface area contributed by atoms with Crippen LogP contribution < -0.4 is 15.0 Å². The molecule has 0 unspecified atom stereocenters. The molecule has 1 fully saturated rings. The molecule has 34 heavy (non-hydrogen) atoms. The third kappa shape index (κ3) is 5.00. The van der Waals surface area contributed by atoms with E-state index < -0.39 is 0 Å². The Morgan fingerprint density at radius 1 is 0.853 bits per heavy atom. The first kappa shape index (κ1) is 21.9. The standard InChI is InChI=1S/C27H27N5O2/c1-31-15-17-32(18-16-31)26-25(29-23-9-5-6-10-24(23)30-26)27(33)28-21-11-13-22(14-12-21)34-19-20-7-3-2-4-8-20/h2-14H,15-19H2,1H3,(H,28,33). The van der Waals surface area contributed by atoms with Crippen molar-refractivity contribution in [1.82, 2.24) is 14.9 Å². The maximum absolute atomic E-state index is 13.3. The van der Waals surface area contributed by atoms with Gasteiger partial charge >= 0.3 is 0 Å². The van der Waals surface area contributed by atoms with Gasteiger partial charge in [0.2, 0.25) is 0 Å². The van der Waals surface area contributed by atoms with Crippen molar-refractivity contribution in [3.63, 3.8) is 0 Å². The third-order valence-corrected chi connectivity index (χ3v) is 5.93. The number of nitrogens with zero attached hydrogens (tertiary/aromatic N) is 4. The summed E-state index contributed by atoms with van der Waals surface area (Å²) in [5.74, 6) is 1.10. The number of piperazine rings is 1. The monoisotopic (exact) mass is 453 g/mol. The van der Waals surface area contributed by atoms with Crippen LogP contribution in [0.15, 0.2) is 78.9 Å². The molecular weight excluding hydrogens is 426 g/mol. The molecule has 0 atom stereocenters. The van der Waals surface area contributed by atoms with E-state index in [1.54, 1.807) is 0 Å². The maximum atomic E-state index is 13.3. The van der Waals surface area contributed by atoms with Crippen LogP contribution in [0.4, 0.5) is 11.5 Å². The summed E-state index contributed by atoms with van der Waals surface area (Å²) in [4.78, 5) is 27.2. The lowest BCUT2D eigenvalue weighted by molar-refractivity contribution is 0.102. The predicted molar refractivity (Wildman–Crippen MR) is 134 cm³/mol. The summed E-state index contributed by atoms with van der Waals surface area (Å²) >= 11 is 0. The van der Waals surface area contributed by atoms with E-state index in [1.807, 2.05) is 78.9 Å². The number of benzene rings is 3. The molecule has 0 spiro atoms. The molecule has 7 nitrogen and oxygen atoms in total. The molecule has 1 aliphatic rings. The first-order chi connectivity index (χ1) is 16.7. The highest BCUT2D eigenvalue weighted by molar-refractivity contribution is 6.07. The first-order valence-electron chi connectivity index (χ1n) is 11.4. The Morgan fingerprint density at radius 2 is 1.50 bits per heavy atom. The van der Waals surface area contributed by atoms with E-state index in [-0.39, 0.29) is 5.91 Å². The molecule has 0 aliphatic carbocycles. The van der Waals surface area contributed by atoms with Crippen LogP contribution in [0.3, 0.4) is 0 Å². The molecule has 1 aromatic heterocycles. The second kappa shape index (κ2) is 9.89. The Bertz CT molecular complexity index is 1270. The van der Waals surface area contributed by atoms with Gasteiger partial charge in [-0.25, -0.2) is 9.97 Å². The van der Waals surface area contributed by atoms with Crippen molar-refractivity contribution in [3.8, 4) is 5.75 Å². The van der Waals surface area contributed by atoms with E-state index in [1.165, 1.54) is 0 Å². The smallest absolute Gasteiger partial charge is 0.278 e. The van der Waals surface area contributed by atoms with Crippen LogP contribution in [-0.2, 0) is 6.61 Å². The minimum Gasteiger partial charge on any atom is -0.489 e. The lowest BCUT2D eigenvalue weighted by Crippen LogP contribution is -2.45. The third-order valence-electron chi connectivity index (χ3n) is 5.93. The van der Waals surface area contributed by atoms with Crippen molar-refractivity contribution in [2.24, 2.45) is 0 Å². The van der Waals surface area contributed by atoms with Gasteiger partial charge in [0.1, 0.15) is 12.4 Å². The Labute approximate surface area is 199 Å². The Balaban J connectivity index is 1.34. The predicted octanol–water partition coefficient (Wildman–Crippen LogP) is 4.21. The molecule has 2 heterocycles. The Morgan fingerprint density at radius 3 is 2.21 bits per heavy atom. The van der Waals surface area contributed by atoms with Crippen LogP contribution in [-0.4, -0.2) is 54.0 Å². The van der Waals surface area contributed by atoms with Crippen LogP contribution >= 0.6 is 0 Å². The molecule has 1 N–H and O–H groups in total.